The van der Waals surface area contributed by atoms with E-state index in [4.69, 9.17) is 0 Å². The lowest BCUT2D eigenvalue weighted by atomic mass is 10.6. The second-order valence-electron chi connectivity index (χ2n) is 1.81. The van der Waals surface area contributed by atoms with Gasteiger partial charge in [-0.1, -0.05) is 6.92 Å². The van der Waals surface area contributed by atoms with Crippen LogP contribution < -0.4 is 0 Å². The van der Waals surface area contributed by atoms with E-state index in [0.717, 1.165) is 11.5 Å². The molecule has 0 radical (unpaired) electrons. The van der Waals surface area contributed by atoms with Crippen molar-refractivity contribution in [2.75, 3.05) is 11.5 Å². The molecule has 0 bridgehead atoms. The summed E-state index contributed by atoms with van der Waals surface area (Å²) in [6.07, 6.45) is 0. The molecular formula is C5H12S4. The van der Waals surface area contributed by atoms with Gasteiger partial charge in [-0.25, -0.2) is 0 Å². The summed E-state index contributed by atoms with van der Waals surface area (Å²) in [4.78, 5) is 0. The van der Waals surface area contributed by atoms with E-state index in [9.17, 15) is 0 Å². The van der Waals surface area contributed by atoms with E-state index in [1.165, 1.54) is 0 Å². The van der Waals surface area contributed by atoms with Crippen molar-refractivity contribution in [1.29, 1.82) is 0 Å². The average Bonchev–Trinajstić information content (AvgIpc) is 1.83. The lowest BCUT2D eigenvalue weighted by molar-refractivity contribution is 1.13. The maximum Gasteiger partial charge on any atom is 0.0532 e. The van der Waals surface area contributed by atoms with E-state index in [-0.39, 0.29) is 4.58 Å². The smallest absolute Gasteiger partial charge is 0.0532 e. The molecule has 0 saturated carbocycles. The van der Waals surface area contributed by atoms with Crippen LogP contribution in [-0.4, -0.2) is 21.3 Å². The molecule has 0 aromatic carbocycles. The van der Waals surface area contributed by atoms with Crippen LogP contribution in [0.1, 0.15) is 6.92 Å². The SMILES string of the molecule is CC(CS)SCC(S)S. The van der Waals surface area contributed by atoms with E-state index in [2.05, 4.69) is 44.8 Å². The van der Waals surface area contributed by atoms with Gasteiger partial charge in [0.2, 0.25) is 0 Å². The minimum absolute atomic E-state index is 0.206. The molecule has 56 valence electrons. The van der Waals surface area contributed by atoms with Gasteiger partial charge in [-0.2, -0.15) is 49.6 Å². The zero-order chi connectivity index (χ0) is 7.28. The Morgan fingerprint density at radius 3 is 2.33 bits per heavy atom. The highest BCUT2D eigenvalue weighted by Gasteiger charge is 2.01. The minimum atomic E-state index is 0.206. The molecule has 0 aliphatic rings. The molecule has 0 aromatic rings. The molecule has 4 heteroatoms. The predicted octanol–water partition coefficient (Wildman–Crippen LogP) is 2.22. The summed E-state index contributed by atoms with van der Waals surface area (Å²) in [7, 11) is 0. The maximum atomic E-state index is 4.15. The molecule has 0 aliphatic heterocycles. The monoisotopic (exact) mass is 200 g/mol. The van der Waals surface area contributed by atoms with Gasteiger partial charge in [-0.05, 0) is 0 Å². The Kier molecular flexibility index (Phi) is 7.09. The Balaban J connectivity index is 3.06. The normalized spacial score (nSPS) is 14.3. The minimum Gasteiger partial charge on any atom is -0.178 e. The first-order valence-electron chi connectivity index (χ1n) is 2.75. The number of rotatable bonds is 4. The second kappa shape index (κ2) is 6.13. The molecule has 9 heavy (non-hydrogen) atoms. The van der Waals surface area contributed by atoms with Crippen molar-refractivity contribution in [1.82, 2.24) is 0 Å². The number of thiol groups is 3. The molecule has 0 aliphatic carbocycles. The standard InChI is InChI=1S/C5H12S4/c1-4(2-6)9-3-5(7)8/h4-8H,2-3H2,1H3. The summed E-state index contributed by atoms with van der Waals surface area (Å²) in [6, 6.07) is 0. The first kappa shape index (κ1) is 10.4. The topological polar surface area (TPSA) is 0 Å². The molecule has 0 amide bonds. The maximum absolute atomic E-state index is 4.15. The van der Waals surface area contributed by atoms with Gasteiger partial charge in [0.1, 0.15) is 0 Å². The highest BCUT2D eigenvalue weighted by atomic mass is 32.2. The summed E-state index contributed by atoms with van der Waals surface area (Å²) in [5.74, 6) is 1.92. The summed E-state index contributed by atoms with van der Waals surface area (Å²) in [5, 5.41) is 0.620. The van der Waals surface area contributed by atoms with Crippen molar-refractivity contribution in [3.63, 3.8) is 0 Å². The molecular weight excluding hydrogens is 188 g/mol. The van der Waals surface area contributed by atoms with Crippen LogP contribution >= 0.6 is 49.6 Å². The zero-order valence-corrected chi connectivity index (χ0v) is 8.82. The molecule has 0 aromatic heterocycles. The molecule has 0 rings (SSSR count). The van der Waals surface area contributed by atoms with Gasteiger partial charge in [0, 0.05) is 16.8 Å². The van der Waals surface area contributed by atoms with Crippen LogP contribution in [0, 0.1) is 0 Å². The molecule has 0 N–H and O–H groups in total. The molecule has 0 saturated heterocycles. The Morgan fingerprint density at radius 1 is 1.44 bits per heavy atom. The highest BCUT2D eigenvalue weighted by Crippen LogP contribution is 2.16. The van der Waals surface area contributed by atoms with Crippen LogP contribution in [0.5, 0.6) is 0 Å². The first-order valence-corrected chi connectivity index (χ1v) is 5.46. The van der Waals surface area contributed by atoms with Crippen LogP contribution in [0.2, 0.25) is 0 Å². The van der Waals surface area contributed by atoms with Gasteiger partial charge in [0.15, 0.2) is 0 Å². The first-order chi connectivity index (χ1) is 4.16. The fraction of sp³-hybridized carbons (Fsp3) is 1.00. The molecule has 1 atom stereocenters. The van der Waals surface area contributed by atoms with Crippen LogP contribution in [0.3, 0.4) is 0 Å². The van der Waals surface area contributed by atoms with Crippen LogP contribution in [0.15, 0.2) is 0 Å². The van der Waals surface area contributed by atoms with E-state index in [1.54, 1.807) is 0 Å². The van der Waals surface area contributed by atoms with Crippen molar-refractivity contribution in [2.24, 2.45) is 0 Å². The van der Waals surface area contributed by atoms with Crippen molar-refractivity contribution in [2.45, 2.75) is 16.8 Å². The molecule has 1 unspecified atom stereocenters. The van der Waals surface area contributed by atoms with Crippen LogP contribution in [0.25, 0.3) is 0 Å². The summed E-state index contributed by atoms with van der Waals surface area (Å²) < 4.78 is 0.206. The third-order valence-electron chi connectivity index (χ3n) is 0.787. The molecule has 0 fully saturated rings. The molecule has 0 nitrogen and oxygen atoms in total. The third kappa shape index (κ3) is 7.30. The Bertz CT molecular complexity index is 64.0. The Hall–Kier alpha value is 1.40. The predicted molar refractivity (Wildman–Crippen MR) is 57.5 cm³/mol. The second-order valence-corrected chi connectivity index (χ2v) is 5.30. The van der Waals surface area contributed by atoms with Crippen molar-refractivity contribution >= 4 is 49.6 Å². The number of thioether (sulfide) groups is 1. The van der Waals surface area contributed by atoms with E-state index in [0.29, 0.717) is 5.25 Å². The van der Waals surface area contributed by atoms with E-state index >= 15 is 0 Å². The Labute approximate surface area is 77.8 Å². The van der Waals surface area contributed by atoms with Gasteiger partial charge in [0.25, 0.3) is 0 Å². The highest BCUT2D eigenvalue weighted by molar-refractivity contribution is 8.04. The van der Waals surface area contributed by atoms with Gasteiger partial charge in [0.05, 0.1) is 4.58 Å². The fourth-order valence-corrected chi connectivity index (χ4v) is 1.74. The third-order valence-corrected chi connectivity index (χ3v) is 3.70. The van der Waals surface area contributed by atoms with Crippen LogP contribution in [-0.2, 0) is 0 Å². The van der Waals surface area contributed by atoms with Gasteiger partial charge < -0.3 is 0 Å². The zero-order valence-electron chi connectivity index (χ0n) is 5.32. The summed E-state index contributed by atoms with van der Waals surface area (Å²) in [6.45, 7) is 2.15. The lowest BCUT2D eigenvalue weighted by Gasteiger charge is -2.07. The Morgan fingerprint density at radius 2 is 2.00 bits per heavy atom. The van der Waals surface area contributed by atoms with Gasteiger partial charge in [-0.15, -0.1) is 0 Å². The van der Waals surface area contributed by atoms with Gasteiger partial charge >= 0.3 is 0 Å². The van der Waals surface area contributed by atoms with Crippen molar-refractivity contribution < 1.29 is 0 Å². The quantitative estimate of drug-likeness (QED) is 0.462. The summed E-state index contributed by atoms with van der Waals surface area (Å²) in [5.41, 5.74) is 0. The van der Waals surface area contributed by atoms with E-state index < -0.39 is 0 Å². The van der Waals surface area contributed by atoms with Crippen LogP contribution in [0.4, 0.5) is 0 Å². The average molecular weight is 200 g/mol. The van der Waals surface area contributed by atoms with Gasteiger partial charge in [-0.3, -0.25) is 0 Å². The fourth-order valence-electron chi connectivity index (χ4n) is 0.303. The number of hydrogen-bond donors (Lipinski definition) is 3. The van der Waals surface area contributed by atoms with E-state index in [1.807, 2.05) is 11.8 Å². The molecule has 0 spiro atoms. The van der Waals surface area contributed by atoms with Crippen molar-refractivity contribution in [3.05, 3.63) is 0 Å². The molecule has 0 heterocycles. The summed E-state index contributed by atoms with van der Waals surface area (Å²) >= 11 is 14.3. The lowest BCUT2D eigenvalue weighted by Crippen LogP contribution is -2.02. The number of hydrogen-bond acceptors (Lipinski definition) is 4. The largest absolute Gasteiger partial charge is 0.178 e. The van der Waals surface area contributed by atoms with Crippen molar-refractivity contribution in [3.8, 4) is 0 Å².